The maximum Gasteiger partial charge on any atom is 0.102 e. The molecule has 0 N–H and O–H groups in total. The van der Waals surface area contributed by atoms with E-state index in [0.29, 0.717) is 11.1 Å². The minimum atomic E-state index is 0.529. The zero-order chi connectivity index (χ0) is 32.2. The smallest absolute Gasteiger partial charge is 0.102 e. The summed E-state index contributed by atoms with van der Waals surface area (Å²) in [6, 6.07) is 50.6. The highest BCUT2D eigenvalue weighted by atomic mass is 15.0. The summed E-state index contributed by atoms with van der Waals surface area (Å²) in [5, 5.41) is 25.2. The van der Waals surface area contributed by atoms with Crippen LogP contribution in [0, 0.1) is 22.7 Å². The fourth-order valence-corrected chi connectivity index (χ4v) is 7.72. The van der Waals surface area contributed by atoms with Gasteiger partial charge in [-0.25, -0.2) is 0 Å². The number of aromatic nitrogens is 2. The van der Waals surface area contributed by atoms with Crippen LogP contribution < -0.4 is 0 Å². The number of fused-ring (bicyclic) bond motifs is 6. The van der Waals surface area contributed by atoms with Crippen molar-refractivity contribution in [2.75, 3.05) is 0 Å². The molecule has 9 rings (SSSR count). The Bertz CT molecular complexity index is 2650. The summed E-state index contributed by atoms with van der Waals surface area (Å²) < 4.78 is 4.51. The van der Waals surface area contributed by atoms with Gasteiger partial charge in [-0.05, 0) is 54.8 Å². The third-order valence-corrected chi connectivity index (χ3v) is 9.73. The molecule has 2 aromatic heterocycles. The Hall–Kier alpha value is -6.62. The van der Waals surface area contributed by atoms with Gasteiger partial charge in [-0.1, -0.05) is 109 Å². The fourth-order valence-electron chi connectivity index (χ4n) is 7.72. The van der Waals surface area contributed by atoms with Gasteiger partial charge in [-0.3, -0.25) is 0 Å². The highest BCUT2D eigenvalue weighted by Gasteiger charge is 2.23. The van der Waals surface area contributed by atoms with Crippen molar-refractivity contribution < 1.29 is 0 Å². The van der Waals surface area contributed by atoms with Gasteiger partial charge in [-0.2, -0.15) is 10.5 Å². The Morgan fingerprint density at radius 3 is 1.65 bits per heavy atom. The number of benzene rings is 6. The molecule has 0 spiro atoms. The number of nitrogens with zero attached hydrogens (tertiary/aromatic N) is 4. The van der Waals surface area contributed by atoms with E-state index in [1.807, 2.05) is 66.7 Å². The Morgan fingerprint density at radius 1 is 0.458 bits per heavy atom. The molecule has 4 heteroatoms. The van der Waals surface area contributed by atoms with Gasteiger partial charge in [0.15, 0.2) is 0 Å². The normalized spacial score (nSPS) is 12.3. The van der Waals surface area contributed by atoms with E-state index in [1.165, 1.54) is 16.6 Å². The van der Waals surface area contributed by atoms with Crippen LogP contribution in [0.3, 0.4) is 0 Å². The van der Waals surface area contributed by atoms with E-state index in [0.717, 1.165) is 73.8 Å². The van der Waals surface area contributed by atoms with Crippen LogP contribution in [0.2, 0.25) is 0 Å². The molecule has 0 saturated heterocycles. The maximum absolute atomic E-state index is 10.9. The molecule has 0 radical (unpaired) electrons. The molecule has 0 atom stereocenters. The first-order valence-electron chi connectivity index (χ1n) is 16.2. The van der Waals surface area contributed by atoms with Gasteiger partial charge in [0, 0.05) is 44.1 Å². The van der Waals surface area contributed by atoms with E-state index >= 15 is 0 Å². The molecule has 2 heterocycles. The van der Waals surface area contributed by atoms with E-state index in [-0.39, 0.29) is 0 Å². The fraction of sp³-hybridized carbons (Fsp3) is 0.0455. The first kappa shape index (κ1) is 27.7. The lowest BCUT2D eigenvalue weighted by Crippen LogP contribution is -2.03. The summed E-state index contributed by atoms with van der Waals surface area (Å²) in [6.07, 6.45) is 6.50. The minimum Gasteiger partial charge on any atom is -0.309 e. The van der Waals surface area contributed by atoms with Gasteiger partial charge in [0.1, 0.15) is 12.1 Å². The lowest BCUT2D eigenvalue weighted by molar-refractivity contribution is 0.968. The predicted molar refractivity (Wildman–Crippen MR) is 195 cm³/mol. The summed E-state index contributed by atoms with van der Waals surface area (Å²) in [6.45, 7) is 0. The van der Waals surface area contributed by atoms with E-state index in [1.54, 1.807) is 0 Å². The second-order valence-electron chi connectivity index (χ2n) is 12.2. The van der Waals surface area contributed by atoms with Gasteiger partial charge >= 0.3 is 0 Å². The van der Waals surface area contributed by atoms with Gasteiger partial charge in [0.2, 0.25) is 0 Å². The van der Waals surface area contributed by atoms with E-state index in [9.17, 15) is 10.5 Å². The molecule has 0 amide bonds. The van der Waals surface area contributed by atoms with Crippen molar-refractivity contribution in [3.63, 3.8) is 0 Å². The summed E-state index contributed by atoms with van der Waals surface area (Å²) in [5.41, 5.74) is 11.9. The second-order valence-corrected chi connectivity index (χ2v) is 12.2. The molecule has 6 aromatic carbocycles. The van der Waals surface area contributed by atoms with Crippen LogP contribution in [0.25, 0.3) is 72.4 Å². The molecule has 0 saturated carbocycles. The molecule has 1 aliphatic carbocycles. The Balaban J connectivity index is 1.28. The van der Waals surface area contributed by atoms with Crippen molar-refractivity contribution in [3.05, 3.63) is 162 Å². The number of rotatable bonds is 4. The summed E-state index contributed by atoms with van der Waals surface area (Å²) in [7, 11) is 0. The topological polar surface area (TPSA) is 57.4 Å². The SMILES string of the molecule is N#Cc1c(-c2ccccc2-n2c3c(c4ccccc42)CCC=C3)cccc1-c1cccc(-n2c3ccccc3c3ccccc32)c1C#N. The van der Waals surface area contributed by atoms with Crippen molar-refractivity contribution in [2.24, 2.45) is 0 Å². The highest BCUT2D eigenvalue weighted by molar-refractivity contribution is 6.09. The third-order valence-electron chi connectivity index (χ3n) is 9.73. The first-order chi connectivity index (χ1) is 23.8. The lowest BCUT2D eigenvalue weighted by Gasteiger charge is -2.19. The number of nitriles is 2. The molecule has 48 heavy (non-hydrogen) atoms. The molecule has 0 bridgehead atoms. The third kappa shape index (κ3) is 4.00. The standard InChI is InChI=1S/C44H28N4/c45-27-37-29(30-20-12-26-44(38(30)28-46)48-42-24-9-4-16-35(42)36-17-5-10-25-43(36)48)18-11-19-31(37)32-13-1-6-21-39(32)47-40-22-7-2-14-33(40)34-15-3-8-23-41(34)47/h1-2,4-14,16-26H,3,15H2. The average Bonchev–Trinajstić information content (AvgIpc) is 3.67. The Kier molecular flexibility index (Phi) is 6.35. The van der Waals surface area contributed by atoms with Gasteiger partial charge in [-0.15, -0.1) is 0 Å². The van der Waals surface area contributed by atoms with E-state index in [4.69, 9.17) is 0 Å². The monoisotopic (exact) mass is 612 g/mol. The summed E-state index contributed by atoms with van der Waals surface area (Å²) >= 11 is 0. The van der Waals surface area contributed by atoms with Gasteiger partial charge in [0.05, 0.1) is 39.1 Å². The molecular formula is C44H28N4. The van der Waals surface area contributed by atoms with Crippen LogP contribution >= 0.6 is 0 Å². The number of allylic oxidation sites excluding steroid dienone is 1. The zero-order valence-corrected chi connectivity index (χ0v) is 26.1. The molecule has 224 valence electrons. The molecule has 0 fully saturated rings. The number of hydrogen-bond acceptors (Lipinski definition) is 2. The second kappa shape index (κ2) is 11.0. The van der Waals surface area contributed by atoms with Gasteiger partial charge < -0.3 is 9.13 Å². The number of aryl methyl sites for hydroxylation is 1. The van der Waals surface area contributed by atoms with Crippen molar-refractivity contribution >= 4 is 38.8 Å². The van der Waals surface area contributed by atoms with Gasteiger partial charge in [0.25, 0.3) is 0 Å². The maximum atomic E-state index is 10.9. The molecule has 4 nitrogen and oxygen atoms in total. The molecule has 8 aromatic rings. The number of hydrogen-bond donors (Lipinski definition) is 0. The quantitative estimate of drug-likeness (QED) is 0.199. The van der Waals surface area contributed by atoms with E-state index in [2.05, 4.69) is 100 Å². The lowest BCUT2D eigenvalue weighted by atomic mass is 9.89. The van der Waals surface area contributed by atoms with E-state index < -0.39 is 0 Å². The number of para-hydroxylation sites is 4. The van der Waals surface area contributed by atoms with Crippen LogP contribution in [0.15, 0.2) is 140 Å². The van der Waals surface area contributed by atoms with Crippen molar-refractivity contribution in [2.45, 2.75) is 12.8 Å². The predicted octanol–water partition coefficient (Wildman–Crippen LogP) is 10.8. The average molecular weight is 613 g/mol. The molecular weight excluding hydrogens is 585 g/mol. The first-order valence-corrected chi connectivity index (χ1v) is 16.2. The van der Waals surface area contributed by atoms with Crippen LogP contribution in [-0.4, -0.2) is 9.13 Å². The molecule has 1 aliphatic rings. The summed E-state index contributed by atoms with van der Waals surface area (Å²) in [4.78, 5) is 0. The Labute approximate surface area is 278 Å². The largest absolute Gasteiger partial charge is 0.309 e. The zero-order valence-electron chi connectivity index (χ0n) is 26.1. The Morgan fingerprint density at radius 2 is 0.958 bits per heavy atom. The van der Waals surface area contributed by atoms with Crippen molar-refractivity contribution in [3.8, 4) is 45.8 Å². The van der Waals surface area contributed by atoms with Crippen LogP contribution in [0.4, 0.5) is 0 Å². The highest BCUT2D eigenvalue weighted by Crippen LogP contribution is 2.41. The van der Waals surface area contributed by atoms with Crippen LogP contribution in [-0.2, 0) is 6.42 Å². The molecule has 0 unspecified atom stereocenters. The van der Waals surface area contributed by atoms with Crippen molar-refractivity contribution in [1.29, 1.82) is 10.5 Å². The molecule has 0 aliphatic heterocycles. The van der Waals surface area contributed by atoms with Crippen molar-refractivity contribution in [1.82, 2.24) is 9.13 Å². The summed E-state index contributed by atoms with van der Waals surface area (Å²) in [5.74, 6) is 0. The minimum absolute atomic E-state index is 0.529. The van der Waals surface area contributed by atoms with Crippen LogP contribution in [0.1, 0.15) is 28.8 Å². The van der Waals surface area contributed by atoms with Crippen LogP contribution in [0.5, 0.6) is 0 Å².